The molecule has 0 bridgehead atoms. The Morgan fingerprint density at radius 1 is 1.05 bits per heavy atom. The first-order valence-electron chi connectivity index (χ1n) is 13.3. The maximum atomic E-state index is 13.4. The molecule has 1 aliphatic heterocycles. The number of likely N-dealkylation sites (tertiary alicyclic amines) is 1. The highest BCUT2D eigenvalue weighted by Gasteiger charge is 2.48. The molecule has 2 N–H and O–H groups in total. The molecular formula is C29H33ClN4O5S. The number of rotatable bonds is 10. The molecule has 0 atom stereocenters. The van der Waals surface area contributed by atoms with Crippen LogP contribution in [0.2, 0.25) is 5.02 Å². The number of piperidine rings is 1. The monoisotopic (exact) mass is 584 g/mol. The van der Waals surface area contributed by atoms with Crippen LogP contribution in [-0.2, 0) is 16.1 Å². The van der Waals surface area contributed by atoms with Crippen molar-refractivity contribution in [2.45, 2.75) is 53.0 Å². The van der Waals surface area contributed by atoms with Crippen molar-refractivity contribution < 1.29 is 24.6 Å². The van der Waals surface area contributed by atoms with Crippen molar-refractivity contribution in [2.24, 2.45) is 5.41 Å². The van der Waals surface area contributed by atoms with E-state index in [4.69, 9.17) is 11.6 Å². The molecule has 1 fully saturated rings. The maximum Gasteiger partial charge on any atom is 0.321 e. The molecule has 1 aromatic heterocycles. The van der Waals surface area contributed by atoms with Crippen LogP contribution in [0.15, 0.2) is 36.4 Å². The summed E-state index contributed by atoms with van der Waals surface area (Å²) in [6, 6.07) is 11.1. The standard InChI is InChI=1S/C29H33ClN4O5S/c1-4-5-12-34(25(35)21-8-6-7-9-23(21)30)28-32-31-24(40-28)20-15-18(2)22(19(3)16-20)17-33-13-10-29(11-14-33,26(36)37)27(38)39/h6-9,15-16H,4-5,10-14,17H2,1-3H3,(H,36,37)(H,38,39). The van der Waals surface area contributed by atoms with Gasteiger partial charge in [-0.3, -0.25) is 24.2 Å². The zero-order valence-corrected chi connectivity index (χ0v) is 24.4. The van der Waals surface area contributed by atoms with Crippen LogP contribution in [-0.4, -0.2) is 62.8 Å². The number of anilines is 1. The fraction of sp³-hybridized carbons (Fsp3) is 0.414. The summed E-state index contributed by atoms with van der Waals surface area (Å²) < 4.78 is 0. The lowest BCUT2D eigenvalue weighted by atomic mass is 9.78. The molecule has 40 heavy (non-hydrogen) atoms. The van der Waals surface area contributed by atoms with Crippen LogP contribution in [0.5, 0.6) is 0 Å². The van der Waals surface area contributed by atoms with Gasteiger partial charge in [0, 0.05) is 31.7 Å². The van der Waals surface area contributed by atoms with Gasteiger partial charge in [0.15, 0.2) is 5.41 Å². The van der Waals surface area contributed by atoms with Crippen molar-refractivity contribution in [2.75, 3.05) is 24.5 Å². The number of carboxylic acid groups (broad SMARTS) is 2. The van der Waals surface area contributed by atoms with Gasteiger partial charge in [-0.2, -0.15) is 0 Å². The van der Waals surface area contributed by atoms with Crippen LogP contribution >= 0.6 is 22.9 Å². The number of carbonyl (C=O) groups excluding carboxylic acids is 1. The number of hydrogen-bond donors (Lipinski definition) is 2. The summed E-state index contributed by atoms with van der Waals surface area (Å²) in [5.74, 6) is -2.75. The highest BCUT2D eigenvalue weighted by atomic mass is 35.5. The zero-order valence-electron chi connectivity index (χ0n) is 22.8. The van der Waals surface area contributed by atoms with E-state index in [9.17, 15) is 24.6 Å². The molecule has 0 spiro atoms. The Labute approximate surface area is 242 Å². The fourth-order valence-corrected chi connectivity index (χ4v) is 6.10. The van der Waals surface area contributed by atoms with Crippen molar-refractivity contribution in [1.29, 1.82) is 0 Å². The van der Waals surface area contributed by atoms with Crippen molar-refractivity contribution in [3.8, 4) is 10.6 Å². The lowest BCUT2D eigenvalue weighted by Gasteiger charge is -2.36. The Bertz CT molecular complexity index is 1380. The first kappa shape index (κ1) is 29.6. The highest BCUT2D eigenvalue weighted by Crippen LogP contribution is 2.35. The minimum atomic E-state index is -1.71. The zero-order chi connectivity index (χ0) is 29.0. The van der Waals surface area contributed by atoms with Gasteiger partial charge in [0.1, 0.15) is 5.01 Å². The molecule has 9 nitrogen and oxygen atoms in total. The van der Waals surface area contributed by atoms with Crippen molar-refractivity contribution >= 4 is 45.9 Å². The Balaban J connectivity index is 1.53. The molecule has 1 aliphatic rings. The number of carbonyl (C=O) groups is 3. The highest BCUT2D eigenvalue weighted by molar-refractivity contribution is 7.18. The average molecular weight is 585 g/mol. The number of unbranched alkanes of at least 4 members (excludes halogenated alkanes) is 1. The summed E-state index contributed by atoms with van der Waals surface area (Å²) in [6.07, 6.45) is 1.88. The molecule has 1 amide bonds. The SMILES string of the molecule is CCCCN(C(=O)c1ccccc1Cl)c1nnc(-c2cc(C)c(CN3CCC(C(=O)O)(C(=O)O)CC3)c(C)c2)s1. The molecule has 0 radical (unpaired) electrons. The predicted octanol–water partition coefficient (Wildman–Crippen LogP) is 5.67. The topological polar surface area (TPSA) is 124 Å². The number of hydrogen-bond acceptors (Lipinski definition) is 7. The Kier molecular flexibility index (Phi) is 9.22. The third-order valence-electron chi connectivity index (χ3n) is 7.58. The number of amides is 1. The van der Waals surface area contributed by atoms with Gasteiger partial charge >= 0.3 is 11.9 Å². The average Bonchev–Trinajstić information content (AvgIpc) is 3.41. The summed E-state index contributed by atoms with van der Waals surface area (Å²) in [5, 5.41) is 29.4. The number of carboxylic acids is 2. The molecule has 4 rings (SSSR count). The Morgan fingerprint density at radius 2 is 1.68 bits per heavy atom. The van der Waals surface area contributed by atoms with Gasteiger partial charge in [-0.1, -0.05) is 48.4 Å². The summed E-state index contributed by atoms with van der Waals surface area (Å²) >= 11 is 7.67. The van der Waals surface area contributed by atoms with Gasteiger partial charge < -0.3 is 10.2 Å². The minimum absolute atomic E-state index is 0.0723. The Morgan fingerprint density at radius 3 is 2.25 bits per heavy atom. The van der Waals surface area contributed by atoms with E-state index in [1.165, 1.54) is 11.3 Å². The van der Waals surface area contributed by atoms with E-state index in [1.807, 2.05) is 26.0 Å². The number of benzene rings is 2. The number of aryl methyl sites for hydroxylation is 2. The number of halogens is 1. The van der Waals surface area contributed by atoms with Crippen molar-refractivity contribution in [3.63, 3.8) is 0 Å². The molecule has 212 valence electrons. The maximum absolute atomic E-state index is 13.4. The fourth-order valence-electron chi connectivity index (χ4n) is 5.02. The second-order valence-electron chi connectivity index (χ2n) is 10.2. The van der Waals surface area contributed by atoms with Gasteiger partial charge in [-0.25, -0.2) is 0 Å². The number of aromatic nitrogens is 2. The third-order valence-corrected chi connectivity index (χ3v) is 8.91. The summed E-state index contributed by atoms with van der Waals surface area (Å²) in [6.45, 7) is 8.00. The van der Waals surface area contributed by atoms with Gasteiger partial charge in [0.2, 0.25) is 5.13 Å². The first-order valence-corrected chi connectivity index (χ1v) is 14.5. The molecule has 2 aromatic carbocycles. The summed E-state index contributed by atoms with van der Waals surface area (Å²) in [5.41, 5.74) is 2.83. The van der Waals surface area contributed by atoms with Crippen LogP contribution in [0.1, 0.15) is 59.7 Å². The molecular weight excluding hydrogens is 552 g/mol. The molecule has 2 heterocycles. The van der Waals surface area contributed by atoms with Crippen molar-refractivity contribution in [1.82, 2.24) is 15.1 Å². The van der Waals surface area contributed by atoms with Crippen LogP contribution in [0.3, 0.4) is 0 Å². The minimum Gasteiger partial charge on any atom is -0.480 e. The Hall–Kier alpha value is -3.34. The number of nitrogens with zero attached hydrogens (tertiary/aromatic N) is 4. The van der Waals surface area contributed by atoms with E-state index in [-0.39, 0.29) is 18.7 Å². The second kappa shape index (κ2) is 12.4. The normalized spacial score (nSPS) is 15.1. The van der Waals surface area contributed by atoms with Crippen LogP contribution in [0, 0.1) is 19.3 Å². The summed E-state index contributed by atoms with van der Waals surface area (Å²) in [7, 11) is 0. The van der Waals surface area contributed by atoms with E-state index in [0.29, 0.717) is 46.9 Å². The van der Waals surface area contributed by atoms with Gasteiger partial charge in [-0.05, 0) is 74.1 Å². The van der Waals surface area contributed by atoms with E-state index >= 15 is 0 Å². The van der Waals surface area contributed by atoms with Crippen molar-refractivity contribution in [3.05, 3.63) is 63.7 Å². The van der Waals surface area contributed by atoms with E-state index in [1.54, 1.807) is 29.2 Å². The van der Waals surface area contributed by atoms with Gasteiger partial charge in [0.25, 0.3) is 5.91 Å². The van der Waals surface area contributed by atoms with E-state index in [2.05, 4.69) is 22.0 Å². The lowest BCUT2D eigenvalue weighted by molar-refractivity contribution is -0.168. The first-order chi connectivity index (χ1) is 19.1. The van der Waals surface area contributed by atoms with Gasteiger partial charge in [0.05, 0.1) is 10.6 Å². The molecule has 1 saturated heterocycles. The number of aliphatic carboxylic acids is 2. The van der Waals surface area contributed by atoms with Crippen LogP contribution in [0.25, 0.3) is 10.6 Å². The third kappa shape index (κ3) is 6.04. The van der Waals surface area contributed by atoms with Crippen LogP contribution < -0.4 is 4.90 Å². The molecule has 3 aromatic rings. The lowest BCUT2D eigenvalue weighted by Crippen LogP contribution is -2.48. The van der Waals surface area contributed by atoms with E-state index in [0.717, 1.165) is 35.1 Å². The molecule has 0 aliphatic carbocycles. The predicted molar refractivity (Wildman–Crippen MR) is 155 cm³/mol. The second-order valence-corrected chi connectivity index (χ2v) is 11.6. The quantitative estimate of drug-likeness (QED) is 0.292. The molecule has 11 heteroatoms. The van der Waals surface area contributed by atoms with Crippen LogP contribution in [0.4, 0.5) is 5.13 Å². The largest absolute Gasteiger partial charge is 0.480 e. The molecule has 0 saturated carbocycles. The summed E-state index contributed by atoms with van der Waals surface area (Å²) in [4.78, 5) is 40.4. The van der Waals surface area contributed by atoms with E-state index < -0.39 is 17.4 Å². The molecule has 0 unspecified atom stereocenters. The smallest absolute Gasteiger partial charge is 0.321 e. The van der Waals surface area contributed by atoms with Gasteiger partial charge in [-0.15, -0.1) is 10.2 Å².